The summed E-state index contributed by atoms with van der Waals surface area (Å²) in [5, 5.41) is 17.4. The number of aryl methyl sites for hydroxylation is 1. The van der Waals surface area contributed by atoms with Crippen molar-refractivity contribution in [2.75, 3.05) is 0 Å². The fourth-order valence-electron chi connectivity index (χ4n) is 1.23. The summed E-state index contributed by atoms with van der Waals surface area (Å²) in [6.07, 6.45) is 0. The first kappa shape index (κ1) is 8.85. The highest BCUT2D eigenvalue weighted by Crippen LogP contribution is 2.24. The van der Waals surface area contributed by atoms with Gasteiger partial charge in [0, 0.05) is 5.56 Å². The number of nitrogens with zero attached hydrogens (tertiary/aromatic N) is 3. The van der Waals surface area contributed by atoms with Gasteiger partial charge in [0.1, 0.15) is 10.5 Å². The second-order valence-corrected chi connectivity index (χ2v) is 3.74. The van der Waals surface area contributed by atoms with Crippen LogP contribution in [0.5, 0.6) is 0 Å². The number of aromatic nitrogens is 2. The van der Waals surface area contributed by atoms with Crippen molar-refractivity contribution in [1.82, 2.24) is 10.2 Å². The lowest BCUT2D eigenvalue weighted by molar-refractivity contribution is 1.09. The van der Waals surface area contributed by atoms with Gasteiger partial charge in [0.25, 0.3) is 0 Å². The van der Waals surface area contributed by atoms with Crippen molar-refractivity contribution in [2.45, 2.75) is 6.92 Å². The normalized spacial score (nSPS) is 9.71. The zero-order chi connectivity index (χ0) is 9.97. The molecule has 0 bridgehead atoms. The molecular formula is C10H7N3S. The molecule has 0 aliphatic rings. The molecule has 0 atom stereocenters. The Morgan fingerprint density at radius 3 is 2.93 bits per heavy atom. The Balaban J connectivity index is 2.60. The van der Waals surface area contributed by atoms with Crippen molar-refractivity contribution in [1.29, 1.82) is 5.26 Å². The lowest BCUT2D eigenvalue weighted by Gasteiger charge is -1.99. The number of benzene rings is 1. The molecule has 3 nitrogen and oxygen atoms in total. The van der Waals surface area contributed by atoms with E-state index in [-0.39, 0.29) is 0 Å². The van der Waals surface area contributed by atoms with Crippen molar-refractivity contribution >= 4 is 11.3 Å². The molecule has 0 aliphatic heterocycles. The minimum atomic E-state index is 0.654. The summed E-state index contributed by atoms with van der Waals surface area (Å²) in [6, 6.07) is 7.90. The van der Waals surface area contributed by atoms with Crippen LogP contribution < -0.4 is 0 Å². The van der Waals surface area contributed by atoms with E-state index in [9.17, 15) is 0 Å². The Hall–Kier alpha value is -1.73. The van der Waals surface area contributed by atoms with Crippen molar-refractivity contribution in [3.8, 4) is 16.6 Å². The van der Waals surface area contributed by atoms with Gasteiger partial charge in [-0.1, -0.05) is 23.5 Å². The predicted octanol–water partition coefficient (Wildman–Crippen LogP) is 2.39. The Morgan fingerprint density at radius 2 is 2.29 bits per heavy atom. The van der Waals surface area contributed by atoms with Gasteiger partial charge in [-0.05, 0) is 18.6 Å². The van der Waals surface area contributed by atoms with Gasteiger partial charge in [-0.3, -0.25) is 0 Å². The predicted molar refractivity (Wildman–Crippen MR) is 54.8 cm³/mol. The first-order valence-corrected chi connectivity index (χ1v) is 4.96. The molecule has 0 spiro atoms. The van der Waals surface area contributed by atoms with E-state index in [1.807, 2.05) is 25.1 Å². The first-order chi connectivity index (χ1) is 6.81. The van der Waals surface area contributed by atoms with Crippen LogP contribution in [0.4, 0.5) is 0 Å². The van der Waals surface area contributed by atoms with Crippen molar-refractivity contribution in [2.24, 2.45) is 0 Å². The summed E-state index contributed by atoms with van der Waals surface area (Å²) < 4.78 is 0. The molecule has 4 heteroatoms. The molecule has 0 saturated carbocycles. The van der Waals surface area contributed by atoms with Crippen LogP contribution in [-0.2, 0) is 0 Å². The quantitative estimate of drug-likeness (QED) is 0.711. The zero-order valence-corrected chi connectivity index (χ0v) is 8.38. The molecule has 1 aromatic heterocycles. The average molecular weight is 201 g/mol. The van der Waals surface area contributed by atoms with E-state index in [0.29, 0.717) is 5.56 Å². The van der Waals surface area contributed by atoms with E-state index in [1.54, 1.807) is 5.51 Å². The van der Waals surface area contributed by atoms with Gasteiger partial charge >= 0.3 is 0 Å². The van der Waals surface area contributed by atoms with Crippen LogP contribution in [0.15, 0.2) is 23.7 Å². The smallest absolute Gasteiger partial charge is 0.148 e. The molecular weight excluding hydrogens is 194 g/mol. The Kier molecular flexibility index (Phi) is 2.25. The highest BCUT2D eigenvalue weighted by atomic mass is 32.1. The molecule has 0 fully saturated rings. The van der Waals surface area contributed by atoms with Crippen LogP contribution in [0, 0.1) is 18.3 Å². The average Bonchev–Trinajstić information content (AvgIpc) is 2.70. The van der Waals surface area contributed by atoms with Crippen LogP contribution in [0.25, 0.3) is 10.6 Å². The number of rotatable bonds is 1. The maximum Gasteiger partial charge on any atom is 0.148 e. The molecule has 68 valence electrons. The van der Waals surface area contributed by atoms with E-state index < -0.39 is 0 Å². The van der Waals surface area contributed by atoms with Crippen molar-refractivity contribution in [3.63, 3.8) is 0 Å². The van der Waals surface area contributed by atoms with Crippen LogP contribution in [-0.4, -0.2) is 10.2 Å². The summed E-state index contributed by atoms with van der Waals surface area (Å²) >= 11 is 1.44. The summed E-state index contributed by atoms with van der Waals surface area (Å²) in [5.74, 6) is 0. The van der Waals surface area contributed by atoms with Gasteiger partial charge in [0.2, 0.25) is 0 Å². The highest BCUT2D eigenvalue weighted by Gasteiger charge is 2.07. The highest BCUT2D eigenvalue weighted by molar-refractivity contribution is 7.12. The maximum absolute atomic E-state index is 8.95. The Bertz CT molecular complexity index is 483. The topological polar surface area (TPSA) is 49.6 Å². The summed E-state index contributed by atoms with van der Waals surface area (Å²) in [5.41, 5.74) is 4.26. The standard InChI is InChI=1S/C10H7N3S/c1-7-2-3-9(8(4-7)5-11)10-13-12-6-14-10/h2-4,6H,1H3. The van der Waals surface area contributed by atoms with Gasteiger partial charge in [-0.2, -0.15) is 5.26 Å². The van der Waals surface area contributed by atoms with Gasteiger partial charge in [0.05, 0.1) is 11.6 Å². The molecule has 0 saturated heterocycles. The fraction of sp³-hybridized carbons (Fsp3) is 0.100. The van der Waals surface area contributed by atoms with Gasteiger partial charge < -0.3 is 0 Å². The zero-order valence-electron chi connectivity index (χ0n) is 7.56. The molecule has 1 aromatic carbocycles. The third-order valence-corrected chi connectivity index (χ3v) is 2.61. The van der Waals surface area contributed by atoms with Gasteiger partial charge in [0.15, 0.2) is 0 Å². The second kappa shape index (κ2) is 3.56. The minimum absolute atomic E-state index is 0.654. The molecule has 2 aromatic rings. The molecule has 1 heterocycles. The third-order valence-electron chi connectivity index (χ3n) is 1.89. The van der Waals surface area contributed by atoms with Crippen LogP contribution in [0.1, 0.15) is 11.1 Å². The van der Waals surface area contributed by atoms with E-state index in [1.165, 1.54) is 11.3 Å². The molecule has 2 rings (SSSR count). The fourth-order valence-corrected chi connectivity index (χ4v) is 1.82. The van der Waals surface area contributed by atoms with Crippen LogP contribution >= 0.6 is 11.3 Å². The minimum Gasteiger partial charge on any atom is -0.192 e. The third kappa shape index (κ3) is 1.50. The van der Waals surface area contributed by atoms with Gasteiger partial charge in [-0.25, -0.2) is 0 Å². The second-order valence-electron chi connectivity index (χ2n) is 2.90. The van der Waals surface area contributed by atoms with E-state index in [4.69, 9.17) is 5.26 Å². The first-order valence-electron chi connectivity index (χ1n) is 4.08. The molecule has 0 N–H and O–H groups in total. The molecule has 0 unspecified atom stereocenters. The lowest BCUT2D eigenvalue weighted by atomic mass is 10.1. The summed E-state index contributed by atoms with van der Waals surface area (Å²) in [4.78, 5) is 0. The SMILES string of the molecule is Cc1ccc(-c2nncs2)c(C#N)c1. The van der Waals surface area contributed by atoms with Gasteiger partial charge in [-0.15, -0.1) is 10.2 Å². The van der Waals surface area contributed by atoms with E-state index >= 15 is 0 Å². The monoisotopic (exact) mass is 201 g/mol. The van der Waals surface area contributed by atoms with Crippen LogP contribution in [0.2, 0.25) is 0 Å². The summed E-state index contributed by atoms with van der Waals surface area (Å²) in [6.45, 7) is 1.96. The molecule has 0 amide bonds. The molecule has 14 heavy (non-hydrogen) atoms. The van der Waals surface area contributed by atoms with Crippen molar-refractivity contribution < 1.29 is 0 Å². The van der Waals surface area contributed by atoms with E-state index in [0.717, 1.165) is 16.1 Å². The molecule has 0 radical (unpaired) electrons. The Morgan fingerprint density at radius 1 is 1.43 bits per heavy atom. The van der Waals surface area contributed by atoms with Crippen LogP contribution in [0.3, 0.4) is 0 Å². The maximum atomic E-state index is 8.95. The number of nitriles is 1. The summed E-state index contributed by atoms with van der Waals surface area (Å²) in [7, 11) is 0. The number of hydrogen-bond acceptors (Lipinski definition) is 4. The van der Waals surface area contributed by atoms with E-state index in [2.05, 4.69) is 16.3 Å². The Labute approximate surface area is 85.7 Å². The lowest BCUT2D eigenvalue weighted by Crippen LogP contribution is -1.85. The van der Waals surface area contributed by atoms with Crippen molar-refractivity contribution in [3.05, 3.63) is 34.8 Å². The number of hydrogen-bond donors (Lipinski definition) is 0. The largest absolute Gasteiger partial charge is 0.192 e. The molecule has 0 aliphatic carbocycles.